The van der Waals surface area contributed by atoms with Gasteiger partial charge in [0, 0.05) is 51.6 Å². The summed E-state index contributed by atoms with van der Waals surface area (Å²) in [6, 6.07) is 82.8. The fourth-order valence-electron chi connectivity index (χ4n) is 9.62. The smallest absolute Gasteiger partial charge is 0.0534 e. The van der Waals surface area contributed by atoms with Crippen LogP contribution in [0.25, 0.3) is 83.3 Å². The van der Waals surface area contributed by atoms with Crippen LogP contribution in [0.15, 0.2) is 274 Å². The summed E-state index contributed by atoms with van der Waals surface area (Å²) < 4.78 is 4.53. The molecule has 0 bridgehead atoms. The molecule has 3 nitrogen and oxygen atoms in total. The molecule has 11 rings (SSSR count). The fraction of sp³-hybridized carbons (Fsp3) is 0. The molecule has 0 aliphatic carbocycles. The van der Waals surface area contributed by atoms with Crippen LogP contribution in [0.5, 0.6) is 0 Å². The van der Waals surface area contributed by atoms with E-state index in [1.807, 2.05) is 12.2 Å². The standard InChI is InChI=1S/C64H47N3/c1-3-19-46(4-2)61-44-53(36-38-57(61)55-28-17-30-63-59(55)40-42-65(63)50-24-13-7-14-25-50)67(52-34-32-48(33-35-52)47-20-9-5-10-21-47)54-37-39-58(62(45-54)49-22-11-6-12-23-49)56-29-18-31-64-60(56)41-43-66(64)51-26-15-8-16-27-51/h3-45H,1-2H2/b46-19+. The zero-order chi connectivity index (χ0) is 45.1. The second kappa shape index (κ2) is 17.9. The van der Waals surface area contributed by atoms with Gasteiger partial charge in [-0.2, -0.15) is 0 Å². The number of nitrogens with zero attached hydrogens (tertiary/aromatic N) is 3. The van der Waals surface area contributed by atoms with E-state index in [0.717, 1.165) is 78.4 Å². The topological polar surface area (TPSA) is 13.1 Å². The highest BCUT2D eigenvalue weighted by Crippen LogP contribution is 2.45. The van der Waals surface area contributed by atoms with Crippen LogP contribution in [-0.2, 0) is 0 Å². The molecule has 318 valence electrons. The van der Waals surface area contributed by atoms with Crippen molar-refractivity contribution < 1.29 is 0 Å². The molecule has 9 aromatic carbocycles. The molecule has 11 aromatic rings. The average molecular weight is 858 g/mol. The van der Waals surface area contributed by atoms with Crippen molar-refractivity contribution in [3.05, 3.63) is 280 Å². The number of para-hydroxylation sites is 2. The van der Waals surface area contributed by atoms with E-state index in [2.05, 4.69) is 276 Å². The van der Waals surface area contributed by atoms with Crippen LogP contribution in [0.1, 0.15) is 5.56 Å². The quantitative estimate of drug-likeness (QED) is 0.112. The van der Waals surface area contributed by atoms with Gasteiger partial charge in [-0.15, -0.1) is 0 Å². The van der Waals surface area contributed by atoms with Crippen molar-refractivity contribution in [3.63, 3.8) is 0 Å². The van der Waals surface area contributed by atoms with Gasteiger partial charge in [0.2, 0.25) is 0 Å². The summed E-state index contributed by atoms with van der Waals surface area (Å²) >= 11 is 0. The van der Waals surface area contributed by atoms with Gasteiger partial charge in [0.05, 0.1) is 11.0 Å². The number of rotatable bonds is 12. The van der Waals surface area contributed by atoms with E-state index in [4.69, 9.17) is 0 Å². The van der Waals surface area contributed by atoms with Crippen LogP contribution in [0.2, 0.25) is 0 Å². The minimum atomic E-state index is 0.988. The Bertz CT molecular complexity index is 3580. The van der Waals surface area contributed by atoms with Gasteiger partial charge in [0.1, 0.15) is 0 Å². The van der Waals surface area contributed by atoms with Gasteiger partial charge in [-0.05, 0) is 141 Å². The van der Waals surface area contributed by atoms with E-state index in [-0.39, 0.29) is 0 Å². The molecule has 0 aliphatic rings. The van der Waals surface area contributed by atoms with Gasteiger partial charge >= 0.3 is 0 Å². The van der Waals surface area contributed by atoms with Crippen LogP contribution in [0.3, 0.4) is 0 Å². The summed E-state index contributed by atoms with van der Waals surface area (Å²) in [6.07, 6.45) is 10.2. The van der Waals surface area contributed by atoms with Crippen molar-refractivity contribution in [2.75, 3.05) is 4.90 Å². The van der Waals surface area contributed by atoms with E-state index < -0.39 is 0 Å². The van der Waals surface area contributed by atoms with Gasteiger partial charge in [0.25, 0.3) is 0 Å². The molecule has 2 heterocycles. The normalized spacial score (nSPS) is 11.5. The Kier molecular flexibility index (Phi) is 10.9. The molecular formula is C64H47N3. The minimum Gasteiger partial charge on any atom is -0.317 e. The third-order valence-electron chi connectivity index (χ3n) is 12.8. The molecular weight excluding hydrogens is 811 g/mol. The lowest BCUT2D eigenvalue weighted by molar-refractivity contribution is 1.13. The fourth-order valence-corrected chi connectivity index (χ4v) is 9.62. The molecule has 3 heteroatoms. The second-order valence-electron chi connectivity index (χ2n) is 16.7. The molecule has 0 amide bonds. The summed E-state index contributed by atoms with van der Waals surface area (Å²) in [7, 11) is 0. The van der Waals surface area contributed by atoms with Crippen molar-refractivity contribution in [2.24, 2.45) is 0 Å². The molecule has 0 spiro atoms. The first-order valence-electron chi connectivity index (χ1n) is 22.7. The number of allylic oxidation sites excluding steroid dienone is 4. The Balaban J connectivity index is 1.11. The lowest BCUT2D eigenvalue weighted by Gasteiger charge is -2.28. The van der Waals surface area contributed by atoms with Crippen molar-refractivity contribution in [3.8, 4) is 55.9 Å². The molecule has 67 heavy (non-hydrogen) atoms. The molecule has 0 saturated carbocycles. The summed E-state index contributed by atoms with van der Waals surface area (Å²) in [4.78, 5) is 2.38. The predicted molar refractivity (Wildman–Crippen MR) is 285 cm³/mol. The largest absolute Gasteiger partial charge is 0.317 e. The van der Waals surface area contributed by atoms with Crippen molar-refractivity contribution in [1.29, 1.82) is 0 Å². The maximum Gasteiger partial charge on any atom is 0.0534 e. The second-order valence-corrected chi connectivity index (χ2v) is 16.7. The first-order valence-corrected chi connectivity index (χ1v) is 22.7. The number of hydrogen-bond donors (Lipinski definition) is 0. The van der Waals surface area contributed by atoms with Crippen LogP contribution in [0, 0.1) is 0 Å². The third kappa shape index (κ3) is 7.69. The maximum absolute atomic E-state index is 4.31. The first kappa shape index (κ1) is 40.8. The number of benzene rings is 9. The van der Waals surface area contributed by atoms with Gasteiger partial charge in [0.15, 0.2) is 0 Å². The maximum atomic E-state index is 4.31. The minimum absolute atomic E-state index is 0.988. The molecule has 0 N–H and O–H groups in total. The molecule has 2 aromatic heterocycles. The summed E-state index contributed by atoms with van der Waals surface area (Å²) in [6.45, 7) is 8.43. The van der Waals surface area contributed by atoms with Crippen molar-refractivity contribution in [1.82, 2.24) is 9.13 Å². The Morgan fingerprint density at radius 3 is 1.40 bits per heavy atom. The highest BCUT2D eigenvalue weighted by atomic mass is 15.1. The van der Waals surface area contributed by atoms with E-state index >= 15 is 0 Å². The van der Waals surface area contributed by atoms with E-state index in [1.54, 1.807) is 0 Å². The zero-order valence-electron chi connectivity index (χ0n) is 37.1. The van der Waals surface area contributed by atoms with Crippen molar-refractivity contribution >= 4 is 44.4 Å². The van der Waals surface area contributed by atoms with Crippen LogP contribution in [-0.4, -0.2) is 9.13 Å². The summed E-state index contributed by atoms with van der Waals surface area (Å²) in [5, 5.41) is 2.37. The van der Waals surface area contributed by atoms with Crippen LogP contribution in [0.4, 0.5) is 17.1 Å². The monoisotopic (exact) mass is 857 g/mol. The third-order valence-corrected chi connectivity index (χ3v) is 12.8. The van der Waals surface area contributed by atoms with Crippen LogP contribution < -0.4 is 4.90 Å². The Morgan fingerprint density at radius 2 is 0.851 bits per heavy atom. The highest BCUT2D eigenvalue weighted by molar-refractivity contribution is 6.03. The van der Waals surface area contributed by atoms with E-state index in [9.17, 15) is 0 Å². The zero-order valence-corrected chi connectivity index (χ0v) is 37.1. The van der Waals surface area contributed by atoms with E-state index in [0.29, 0.717) is 0 Å². The highest BCUT2D eigenvalue weighted by Gasteiger charge is 2.21. The number of fused-ring (bicyclic) bond motifs is 2. The summed E-state index contributed by atoms with van der Waals surface area (Å²) in [5.74, 6) is 0. The predicted octanol–water partition coefficient (Wildman–Crippen LogP) is 17.5. The molecule has 0 atom stereocenters. The Hall–Kier alpha value is -8.92. The number of anilines is 3. The Labute approximate surface area is 392 Å². The molecule has 0 radical (unpaired) electrons. The Morgan fingerprint density at radius 1 is 0.373 bits per heavy atom. The van der Waals surface area contributed by atoms with Gasteiger partial charge in [-0.1, -0.05) is 177 Å². The molecule has 0 fully saturated rings. The van der Waals surface area contributed by atoms with Gasteiger partial charge in [-0.3, -0.25) is 0 Å². The van der Waals surface area contributed by atoms with Crippen molar-refractivity contribution in [2.45, 2.75) is 0 Å². The number of aromatic nitrogens is 2. The van der Waals surface area contributed by atoms with Gasteiger partial charge < -0.3 is 14.0 Å². The number of hydrogen-bond acceptors (Lipinski definition) is 1. The molecule has 0 saturated heterocycles. The lowest BCUT2D eigenvalue weighted by atomic mass is 9.90. The SMILES string of the molecule is C=C/C=C(\C=C)c1cc(N(c2ccc(-c3ccccc3)cc2)c2ccc(-c3cccc4c3ccn4-c3ccccc3)c(-c3ccccc3)c2)ccc1-c1cccc2c1ccn2-c1ccccc1. The average Bonchev–Trinajstić information content (AvgIpc) is 4.05. The molecule has 0 unspecified atom stereocenters. The molecule has 0 aliphatic heterocycles. The lowest BCUT2D eigenvalue weighted by Crippen LogP contribution is -2.11. The summed E-state index contributed by atoms with van der Waals surface area (Å²) in [5.41, 5.74) is 19.0. The first-order chi connectivity index (χ1) is 33.2. The van der Waals surface area contributed by atoms with Gasteiger partial charge in [-0.25, -0.2) is 0 Å². The van der Waals surface area contributed by atoms with E-state index in [1.165, 1.54) is 27.5 Å². The van der Waals surface area contributed by atoms with Crippen LogP contribution >= 0.6 is 0 Å².